The van der Waals surface area contributed by atoms with E-state index >= 15 is 0 Å². The molecule has 0 fully saturated rings. The quantitative estimate of drug-likeness (QED) is 0.807. The molecule has 0 aliphatic carbocycles. The van der Waals surface area contributed by atoms with Crippen LogP contribution >= 0.6 is 0 Å². The van der Waals surface area contributed by atoms with E-state index in [1.165, 1.54) is 15.7 Å². The lowest BCUT2D eigenvalue weighted by molar-refractivity contribution is -0.138. The van der Waals surface area contributed by atoms with E-state index in [9.17, 15) is 14.4 Å². The highest BCUT2D eigenvalue weighted by atomic mass is 16.2. The van der Waals surface area contributed by atoms with E-state index in [1.54, 1.807) is 12.3 Å². The summed E-state index contributed by atoms with van der Waals surface area (Å²) >= 11 is 0. The van der Waals surface area contributed by atoms with Crippen molar-refractivity contribution in [3.05, 3.63) is 28.9 Å². The van der Waals surface area contributed by atoms with Crippen LogP contribution in [0.3, 0.4) is 0 Å². The summed E-state index contributed by atoms with van der Waals surface area (Å²) in [4.78, 5) is 40.9. The van der Waals surface area contributed by atoms with Gasteiger partial charge < -0.3 is 10.6 Å². The van der Waals surface area contributed by atoms with Gasteiger partial charge in [0.15, 0.2) is 5.78 Å². The summed E-state index contributed by atoms with van der Waals surface area (Å²) in [5.41, 5.74) is 4.61. The highest BCUT2D eigenvalue weighted by Crippen LogP contribution is 2.15. The minimum Gasteiger partial charge on any atom is -0.334 e. The zero-order chi connectivity index (χ0) is 18.8. The maximum atomic E-state index is 12.3. The van der Waals surface area contributed by atoms with Crippen molar-refractivity contribution in [2.75, 3.05) is 19.6 Å². The van der Waals surface area contributed by atoms with Crippen LogP contribution in [0.4, 0.5) is 0 Å². The van der Waals surface area contributed by atoms with Crippen LogP contribution in [0.1, 0.15) is 42.5 Å². The third-order valence-electron chi connectivity index (χ3n) is 3.27. The lowest BCUT2D eigenvalue weighted by Crippen LogP contribution is -2.42. The van der Waals surface area contributed by atoms with Gasteiger partial charge in [0.05, 0.1) is 6.54 Å². The Morgan fingerprint density at radius 3 is 2.46 bits per heavy atom. The Morgan fingerprint density at radius 1 is 1.33 bits per heavy atom. The molecule has 0 atom stereocenters. The Labute approximate surface area is 145 Å². The summed E-state index contributed by atoms with van der Waals surface area (Å²) in [6, 6.07) is 1.63. The van der Waals surface area contributed by atoms with Crippen LogP contribution in [0.25, 0.3) is 0 Å². The topological polar surface area (TPSA) is 98.3 Å². The molecule has 7 nitrogen and oxygen atoms in total. The van der Waals surface area contributed by atoms with Gasteiger partial charge in [-0.1, -0.05) is 34.6 Å². The van der Waals surface area contributed by atoms with Gasteiger partial charge in [-0.15, -0.1) is 0 Å². The van der Waals surface area contributed by atoms with Crippen molar-refractivity contribution in [2.24, 2.45) is 11.1 Å². The molecule has 1 heterocycles. The molecule has 0 saturated heterocycles. The summed E-state index contributed by atoms with van der Waals surface area (Å²) < 4.78 is 1.37. The zero-order valence-electron chi connectivity index (χ0n) is 15.4. The predicted octanol–water partition coefficient (Wildman–Crippen LogP) is 1.31. The van der Waals surface area contributed by atoms with Crippen molar-refractivity contribution in [3.8, 4) is 0 Å². The lowest BCUT2D eigenvalue weighted by atomic mass is 9.90. The molecule has 1 aromatic heterocycles. The molecule has 0 aromatic carbocycles. The molecule has 0 saturated carbocycles. The lowest BCUT2D eigenvalue weighted by Gasteiger charge is -2.25. The summed E-state index contributed by atoms with van der Waals surface area (Å²) in [5.74, 6) is -0.216. The molecule has 0 aliphatic heterocycles. The summed E-state index contributed by atoms with van der Waals surface area (Å²) in [6.07, 6.45) is 3.11. The molecule has 2 N–H and O–H groups in total. The Kier molecular flexibility index (Phi) is 9.80. The van der Waals surface area contributed by atoms with E-state index in [2.05, 4.69) is 4.98 Å². The van der Waals surface area contributed by atoms with Gasteiger partial charge >= 0.3 is 5.69 Å². The second kappa shape index (κ2) is 10.7. The number of nitrogens with two attached hydrogens (primary N) is 1. The Balaban J connectivity index is 0. The van der Waals surface area contributed by atoms with Crippen molar-refractivity contribution < 1.29 is 11.0 Å². The van der Waals surface area contributed by atoms with E-state index in [-0.39, 0.29) is 39.2 Å². The standard InChI is InChI=1S/C15H24N4O3.C2H6.H2/c1-15(2,3)12(20)11-19(10-6-16)13(21)5-9-18-8-4-7-17-14(18)22;1-2;/h4,7-8H,5-6,9-11,16H2,1-3H3;1-2H3;1H. The van der Waals surface area contributed by atoms with Gasteiger partial charge in [0.2, 0.25) is 5.91 Å². The van der Waals surface area contributed by atoms with Crippen LogP contribution in [0.5, 0.6) is 0 Å². The van der Waals surface area contributed by atoms with E-state index in [0.717, 1.165) is 0 Å². The predicted molar refractivity (Wildman–Crippen MR) is 96.7 cm³/mol. The highest BCUT2D eigenvalue weighted by Gasteiger charge is 2.25. The zero-order valence-corrected chi connectivity index (χ0v) is 15.4. The van der Waals surface area contributed by atoms with Gasteiger partial charge in [-0.25, -0.2) is 9.78 Å². The summed E-state index contributed by atoms with van der Waals surface area (Å²) in [7, 11) is 0. The van der Waals surface area contributed by atoms with Gasteiger partial charge in [-0.2, -0.15) is 0 Å². The second-order valence-corrected chi connectivity index (χ2v) is 6.12. The Morgan fingerprint density at radius 2 is 1.96 bits per heavy atom. The van der Waals surface area contributed by atoms with Gasteiger partial charge in [0.1, 0.15) is 0 Å². The third-order valence-corrected chi connectivity index (χ3v) is 3.27. The van der Waals surface area contributed by atoms with Crippen molar-refractivity contribution in [1.82, 2.24) is 14.5 Å². The van der Waals surface area contributed by atoms with Gasteiger partial charge in [-0.3, -0.25) is 14.2 Å². The molecular formula is C17H32N4O3. The van der Waals surface area contributed by atoms with Crippen LogP contribution in [0.2, 0.25) is 0 Å². The number of aromatic nitrogens is 2. The van der Waals surface area contributed by atoms with E-state index in [4.69, 9.17) is 5.73 Å². The Bertz CT molecular complexity index is 582. The van der Waals surface area contributed by atoms with E-state index in [0.29, 0.717) is 6.54 Å². The number of hydrogen-bond acceptors (Lipinski definition) is 5. The number of aryl methyl sites for hydroxylation is 1. The molecule has 0 bridgehead atoms. The van der Waals surface area contributed by atoms with Crippen molar-refractivity contribution >= 4 is 11.7 Å². The second-order valence-electron chi connectivity index (χ2n) is 6.12. The largest absolute Gasteiger partial charge is 0.347 e. The molecule has 0 spiro atoms. The first kappa shape index (κ1) is 22.0. The van der Waals surface area contributed by atoms with Crippen molar-refractivity contribution in [3.63, 3.8) is 0 Å². The van der Waals surface area contributed by atoms with Crippen LogP contribution in [-0.4, -0.2) is 45.8 Å². The maximum absolute atomic E-state index is 12.3. The fraction of sp³-hybridized carbons (Fsp3) is 0.647. The average Bonchev–Trinajstić information content (AvgIpc) is 2.54. The number of carbonyl (C=O) groups is 2. The summed E-state index contributed by atoms with van der Waals surface area (Å²) in [5, 5.41) is 0. The normalized spacial score (nSPS) is 10.6. The van der Waals surface area contributed by atoms with E-state index in [1.807, 2.05) is 34.6 Å². The fourth-order valence-corrected chi connectivity index (χ4v) is 1.79. The van der Waals surface area contributed by atoms with Crippen LogP contribution in [0.15, 0.2) is 23.3 Å². The van der Waals surface area contributed by atoms with Crippen molar-refractivity contribution in [1.29, 1.82) is 0 Å². The number of nitrogens with zero attached hydrogens (tertiary/aromatic N) is 3. The molecule has 0 unspecified atom stereocenters. The first-order valence-corrected chi connectivity index (χ1v) is 8.28. The summed E-state index contributed by atoms with van der Waals surface area (Å²) in [6.45, 7) is 10.3. The molecule has 7 heteroatoms. The average molecular weight is 340 g/mol. The monoisotopic (exact) mass is 340 g/mol. The van der Waals surface area contributed by atoms with Crippen molar-refractivity contribution in [2.45, 2.75) is 47.6 Å². The fourth-order valence-electron chi connectivity index (χ4n) is 1.79. The minimum absolute atomic E-state index is 0. The SMILES string of the molecule is CC.CC(C)(C)C(=O)CN(CCN)C(=O)CCn1cccnc1=O.[HH]. The first-order chi connectivity index (χ1) is 11.3. The van der Waals surface area contributed by atoms with Crippen LogP contribution in [0, 0.1) is 5.41 Å². The number of amides is 1. The molecule has 1 aromatic rings. The first-order valence-electron chi connectivity index (χ1n) is 8.28. The van der Waals surface area contributed by atoms with Gasteiger partial charge in [0, 0.05) is 45.3 Å². The molecule has 138 valence electrons. The molecule has 1 amide bonds. The van der Waals surface area contributed by atoms with Gasteiger partial charge in [-0.05, 0) is 6.07 Å². The van der Waals surface area contributed by atoms with Crippen LogP contribution < -0.4 is 11.4 Å². The minimum atomic E-state index is -0.507. The number of ketones is 1. The number of rotatable bonds is 7. The third kappa shape index (κ3) is 7.50. The highest BCUT2D eigenvalue weighted by molar-refractivity contribution is 5.89. The number of carbonyl (C=O) groups excluding carboxylic acids is 2. The Hall–Kier alpha value is -2.02. The molecule has 0 aliphatic rings. The number of Topliss-reactive ketones (excluding diaryl/α,β-unsaturated/α-hetero) is 1. The molecule has 0 radical (unpaired) electrons. The van der Waals surface area contributed by atoms with E-state index < -0.39 is 11.1 Å². The molecule has 1 rings (SSSR count). The van der Waals surface area contributed by atoms with Crippen LogP contribution in [-0.2, 0) is 16.1 Å². The molecule has 24 heavy (non-hydrogen) atoms. The smallest absolute Gasteiger partial charge is 0.334 e. The number of hydrogen-bond donors (Lipinski definition) is 1. The maximum Gasteiger partial charge on any atom is 0.347 e. The molecular weight excluding hydrogens is 308 g/mol. The van der Waals surface area contributed by atoms with Gasteiger partial charge in [0.25, 0.3) is 0 Å².